The standard InChI is InChI=1S/C24H19N5O6/c1-33-21-12-16(7-9-19(21)35-23-10-8-18(14-26-23)29(31)32)13-27-28-22(30)15-34-20-6-2-4-17-5-3-11-25-24(17)20/h2-14H,15H2,1H3,(H,28,30)/b27-13+. The summed E-state index contributed by atoms with van der Waals surface area (Å²) in [6.07, 6.45) is 4.20. The molecule has 0 aliphatic heterocycles. The Bertz CT molecular complexity index is 1390. The summed E-state index contributed by atoms with van der Waals surface area (Å²) in [5, 5.41) is 15.6. The first kappa shape index (κ1) is 23.1. The van der Waals surface area contributed by atoms with E-state index in [0.29, 0.717) is 28.3 Å². The van der Waals surface area contributed by atoms with Crippen molar-refractivity contribution in [3.05, 3.63) is 88.7 Å². The van der Waals surface area contributed by atoms with Crippen molar-refractivity contribution in [2.45, 2.75) is 0 Å². The van der Waals surface area contributed by atoms with Crippen LogP contribution >= 0.6 is 0 Å². The summed E-state index contributed by atoms with van der Waals surface area (Å²) >= 11 is 0. The number of fused-ring (bicyclic) bond motifs is 1. The molecule has 0 aliphatic rings. The summed E-state index contributed by atoms with van der Waals surface area (Å²) in [5.41, 5.74) is 3.56. The number of hydrogen-bond acceptors (Lipinski definition) is 9. The van der Waals surface area contributed by atoms with Crippen LogP contribution in [0.25, 0.3) is 10.9 Å². The molecule has 0 radical (unpaired) electrons. The Kier molecular flexibility index (Phi) is 7.07. The minimum Gasteiger partial charge on any atom is -0.493 e. The van der Waals surface area contributed by atoms with E-state index >= 15 is 0 Å². The molecule has 35 heavy (non-hydrogen) atoms. The Morgan fingerprint density at radius 2 is 1.94 bits per heavy atom. The zero-order valence-electron chi connectivity index (χ0n) is 18.5. The fourth-order valence-electron chi connectivity index (χ4n) is 3.05. The normalized spacial score (nSPS) is 10.8. The maximum Gasteiger partial charge on any atom is 0.287 e. The van der Waals surface area contributed by atoms with E-state index in [9.17, 15) is 14.9 Å². The second kappa shape index (κ2) is 10.7. The molecular weight excluding hydrogens is 454 g/mol. The Morgan fingerprint density at radius 3 is 2.71 bits per heavy atom. The lowest BCUT2D eigenvalue weighted by Gasteiger charge is -2.10. The van der Waals surface area contributed by atoms with Crippen LogP contribution in [0.2, 0.25) is 0 Å². The highest BCUT2D eigenvalue weighted by Crippen LogP contribution is 2.31. The first-order valence-electron chi connectivity index (χ1n) is 10.3. The smallest absolute Gasteiger partial charge is 0.287 e. The first-order valence-corrected chi connectivity index (χ1v) is 10.3. The van der Waals surface area contributed by atoms with Crippen molar-refractivity contribution in [2.75, 3.05) is 13.7 Å². The number of nitro groups is 1. The molecule has 0 saturated carbocycles. The number of nitrogens with zero attached hydrogens (tertiary/aromatic N) is 4. The average molecular weight is 473 g/mol. The molecule has 0 bridgehead atoms. The molecular formula is C24H19N5O6. The topological polar surface area (TPSA) is 138 Å². The Labute approximate surface area is 199 Å². The quantitative estimate of drug-likeness (QED) is 0.220. The van der Waals surface area contributed by atoms with Gasteiger partial charge in [0.25, 0.3) is 11.6 Å². The van der Waals surface area contributed by atoms with E-state index in [0.717, 1.165) is 11.6 Å². The van der Waals surface area contributed by atoms with Gasteiger partial charge in [-0.05, 0) is 35.9 Å². The number of hydrogen-bond donors (Lipinski definition) is 1. The van der Waals surface area contributed by atoms with E-state index in [-0.39, 0.29) is 18.2 Å². The highest BCUT2D eigenvalue weighted by atomic mass is 16.6. The highest BCUT2D eigenvalue weighted by molar-refractivity contribution is 5.86. The average Bonchev–Trinajstić information content (AvgIpc) is 2.88. The van der Waals surface area contributed by atoms with Crippen LogP contribution in [0.1, 0.15) is 5.56 Å². The van der Waals surface area contributed by atoms with Gasteiger partial charge in [0.1, 0.15) is 17.5 Å². The number of amides is 1. The zero-order valence-corrected chi connectivity index (χ0v) is 18.5. The molecule has 0 spiro atoms. The second-order valence-electron chi connectivity index (χ2n) is 7.04. The molecule has 0 saturated heterocycles. The molecule has 0 atom stereocenters. The minimum absolute atomic E-state index is 0.142. The maximum atomic E-state index is 12.1. The van der Waals surface area contributed by atoms with Crippen molar-refractivity contribution < 1.29 is 23.9 Å². The van der Waals surface area contributed by atoms with E-state index in [1.54, 1.807) is 30.5 Å². The van der Waals surface area contributed by atoms with Gasteiger partial charge in [-0.1, -0.05) is 18.2 Å². The Morgan fingerprint density at radius 1 is 1.09 bits per heavy atom. The van der Waals surface area contributed by atoms with Gasteiger partial charge < -0.3 is 14.2 Å². The van der Waals surface area contributed by atoms with Gasteiger partial charge in [0.05, 0.1) is 18.2 Å². The van der Waals surface area contributed by atoms with Gasteiger partial charge in [0.2, 0.25) is 5.88 Å². The van der Waals surface area contributed by atoms with Gasteiger partial charge >= 0.3 is 0 Å². The number of nitrogens with one attached hydrogen (secondary N) is 1. The molecule has 11 heteroatoms. The van der Waals surface area contributed by atoms with Crippen molar-refractivity contribution in [1.29, 1.82) is 0 Å². The lowest BCUT2D eigenvalue weighted by Crippen LogP contribution is -2.24. The highest BCUT2D eigenvalue weighted by Gasteiger charge is 2.10. The summed E-state index contributed by atoms with van der Waals surface area (Å²) in [6, 6.07) is 16.9. The maximum absolute atomic E-state index is 12.1. The number of methoxy groups -OCH3 is 1. The van der Waals surface area contributed by atoms with Crippen LogP contribution in [0, 0.1) is 10.1 Å². The number of ether oxygens (including phenoxy) is 3. The number of carbonyl (C=O) groups is 1. The summed E-state index contributed by atoms with van der Waals surface area (Å²) in [7, 11) is 1.47. The number of pyridine rings is 2. The number of para-hydroxylation sites is 1. The predicted molar refractivity (Wildman–Crippen MR) is 127 cm³/mol. The van der Waals surface area contributed by atoms with E-state index in [2.05, 4.69) is 20.5 Å². The number of rotatable bonds is 9. The van der Waals surface area contributed by atoms with Crippen molar-refractivity contribution in [3.63, 3.8) is 0 Å². The molecule has 2 aromatic heterocycles. The van der Waals surface area contributed by atoms with E-state index in [1.165, 1.54) is 25.5 Å². The van der Waals surface area contributed by atoms with Crippen molar-refractivity contribution >= 4 is 28.7 Å². The van der Waals surface area contributed by atoms with Crippen LogP contribution < -0.4 is 19.6 Å². The van der Waals surface area contributed by atoms with Gasteiger partial charge in [-0.3, -0.25) is 19.9 Å². The number of hydrazone groups is 1. The molecule has 4 rings (SSSR count). The fourth-order valence-corrected chi connectivity index (χ4v) is 3.05. The third-order valence-corrected chi connectivity index (χ3v) is 4.69. The lowest BCUT2D eigenvalue weighted by atomic mass is 10.2. The largest absolute Gasteiger partial charge is 0.493 e. The number of benzene rings is 2. The summed E-state index contributed by atoms with van der Waals surface area (Å²) < 4.78 is 16.6. The molecule has 11 nitrogen and oxygen atoms in total. The van der Waals surface area contributed by atoms with Gasteiger partial charge in [-0.2, -0.15) is 5.10 Å². The molecule has 1 amide bonds. The SMILES string of the molecule is COc1cc(/C=N/NC(=O)COc2cccc3cccnc23)ccc1Oc1ccc([N+](=O)[O-])cn1. The Hall–Kier alpha value is -5.06. The molecule has 0 unspecified atom stereocenters. The second-order valence-corrected chi connectivity index (χ2v) is 7.04. The molecule has 0 aliphatic carbocycles. The molecule has 2 aromatic carbocycles. The fraction of sp³-hybridized carbons (Fsp3) is 0.0833. The lowest BCUT2D eigenvalue weighted by molar-refractivity contribution is -0.385. The molecule has 2 heterocycles. The monoisotopic (exact) mass is 473 g/mol. The van der Waals surface area contributed by atoms with Crippen molar-refractivity contribution in [3.8, 4) is 23.1 Å². The van der Waals surface area contributed by atoms with Gasteiger partial charge in [-0.25, -0.2) is 10.4 Å². The van der Waals surface area contributed by atoms with Crippen LogP contribution in [0.4, 0.5) is 5.69 Å². The van der Waals surface area contributed by atoms with E-state index in [1.807, 2.05) is 24.3 Å². The van der Waals surface area contributed by atoms with Crippen LogP contribution in [0.3, 0.4) is 0 Å². The Balaban J connectivity index is 1.34. The third kappa shape index (κ3) is 5.85. The van der Waals surface area contributed by atoms with Crippen LogP contribution in [0.5, 0.6) is 23.1 Å². The third-order valence-electron chi connectivity index (χ3n) is 4.69. The predicted octanol–water partition coefficient (Wildman–Crippen LogP) is 3.87. The van der Waals surface area contributed by atoms with Crippen LogP contribution in [-0.4, -0.2) is 40.7 Å². The van der Waals surface area contributed by atoms with Crippen molar-refractivity contribution in [1.82, 2.24) is 15.4 Å². The van der Waals surface area contributed by atoms with Crippen LogP contribution in [0.15, 0.2) is 78.2 Å². The molecule has 176 valence electrons. The van der Waals surface area contributed by atoms with Gasteiger partial charge in [0, 0.05) is 23.7 Å². The molecule has 1 N–H and O–H groups in total. The molecule has 0 fully saturated rings. The van der Waals surface area contributed by atoms with E-state index in [4.69, 9.17) is 14.2 Å². The van der Waals surface area contributed by atoms with Gasteiger partial charge in [-0.15, -0.1) is 0 Å². The molecule has 4 aromatic rings. The summed E-state index contributed by atoms with van der Waals surface area (Å²) in [6.45, 7) is -0.231. The minimum atomic E-state index is -0.544. The first-order chi connectivity index (χ1) is 17.0. The van der Waals surface area contributed by atoms with Crippen LogP contribution in [-0.2, 0) is 4.79 Å². The van der Waals surface area contributed by atoms with Gasteiger partial charge in [0.15, 0.2) is 18.1 Å². The number of carbonyl (C=O) groups excluding carboxylic acids is 1. The van der Waals surface area contributed by atoms with Crippen molar-refractivity contribution in [2.24, 2.45) is 5.10 Å². The number of aromatic nitrogens is 2. The zero-order chi connectivity index (χ0) is 24.6. The van der Waals surface area contributed by atoms with E-state index < -0.39 is 10.8 Å². The summed E-state index contributed by atoms with van der Waals surface area (Å²) in [4.78, 5) is 30.5. The summed E-state index contributed by atoms with van der Waals surface area (Å²) in [5.74, 6) is 0.971.